The van der Waals surface area contributed by atoms with Crippen LogP contribution in [0.2, 0.25) is 0 Å². The maximum atomic E-state index is 12.9. The van der Waals surface area contributed by atoms with Gasteiger partial charge in [-0.15, -0.1) is 0 Å². The average molecular weight is 515 g/mol. The van der Waals surface area contributed by atoms with Gasteiger partial charge in [-0.05, 0) is 40.0 Å². The van der Waals surface area contributed by atoms with Gasteiger partial charge >= 0.3 is 11.9 Å². The van der Waals surface area contributed by atoms with Crippen molar-refractivity contribution in [1.29, 1.82) is 0 Å². The van der Waals surface area contributed by atoms with Gasteiger partial charge in [0.05, 0.1) is 36.9 Å². The fraction of sp³-hybridized carbons (Fsp3) is 0.655. The van der Waals surface area contributed by atoms with Crippen molar-refractivity contribution in [3.8, 4) is 0 Å². The van der Waals surface area contributed by atoms with Gasteiger partial charge < -0.3 is 28.8 Å². The number of hydrogen-bond donors (Lipinski definition) is 1. The molecule has 5 aliphatic rings. The second kappa shape index (κ2) is 9.80. The molecule has 3 aliphatic heterocycles. The Morgan fingerprint density at radius 2 is 1.84 bits per heavy atom. The number of aliphatic hydroxyl groups excluding tert-OH is 1. The number of esters is 2. The molecule has 0 unspecified atom stereocenters. The lowest BCUT2D eigenvalue weighted by Gasteiger charge is -2.58. The van der Waals surface area contributed by atoms with Gasteiger partial charge in [0.25, 0.3) is 0 Å². The van der Waals surface area contributed by atoms with Crippen LogP contribution in [-0.4, -0.2) is 73.0 Å². The zero-order valence-electron chi connectivity index (χ0n) is 22.1. The van der Waals surface area contributed by atoms with E-state index < -0.39 is 46.7 Å². The van der Waals surface area contributed by atoms with Crippen LogP contribution in [0.4, 0.5) is 0 Å². The highest BCUT2D eigenvalue weighted by Gasteiger charge is 2.83. The molecule has 0 aromatic rings. The van der Waals surface area contributed by atoms with E-state index in [1.807, 2.05) is 6.92 Å². The maximum Gasteiger partial charge on any atom is 0.331 e. The van der Waals surface area contributed by atoms with Crippen LogP contribution < -0.4 is 0 Å². The molecular formula is C29H38O8. The normalized spacial score (nSPS) is 46.2. The molecule has 8 heteroatoms. The van der Waals surface area contributed by atoms with Crippen LogP contribution >= 0.6 is 0 Å². The van der Waals surface area contributed by atoms with Crippen LogP contribution in [0.3, 0.4) is 0 Å². The summed E-state index contributed by atoms with van der Waals surface area (Å²) in [6.07, 6.45) is 10.5. The first-order valence-corrected chi connectivity index (χ1v) is 13.3. The minimum Gasteiger partial charge on any atom is -0.462 e. The molecule has 8 nitrogen and oxygen atoms in total. The highest BCUT2D eigenvalue weighted by atomic mass is 16.6. The summed E-state index contributed by atoms with van der Waals surface area (Å²) in [5.74, 6) is -0.879. The van der Waals surface area contributed by atoms with Crippen molar-refractivity contribution >= 4 is 11.9 Å². The molecule has 0 aromatic heterocycles. The summed E-state index contributed by atoms with van der Waals surface area (Å²) >= 11 is 0. The first-order valence-electron chi connectivity index (χ1n) is 13.3. The van der Waals surface area contributed by atoms with Gasteiger partial charge in [0.15, 0.2) is 0 Å². The molecule has 3 fully saturated rings. The quantitative estimate of drug-likeness (QED) is 0.323. The Morgan fingerprint density at radius 3 is 2.57 bits per heavy atom. The molecule has 0 aromatic carbocycles. The zero-order chi connectivity index (χ0) is 26.4. The Kier molecular flexibility index (Phi) is 6.98. The standard InChI is InChI=1S/C29H38O8/c1-18-9-11-28-16-34-26(32)14-19(2)10-12-33-21(20(3)30)7-5-6-8-25(31)37-22-15-24(36-23(28)13-18)29(17-35-29)27(22,28)4/h5-8,13-14,20-24,30H,9-12,15-17H2,1-4H3/b7-5-,8-6-,19-14-/t20-,21+,22-,23-,24-,27-,28-,29+/m1/s1. The van der Waals surface area contributed by atoms with Crippen LogP contribution in [0.15, 0.2) is 47.6 Å². The molecule has 37 heavy (non-hydrogen) atoms. The molecule has 1 saturated carbocycles. The predicted octanol–water partition coefficient (Wildman–Crippen LogP) is 3.34. The Hall–Kier alpha value is -2.26. The fourth-order valence-corrected chi connectivity index (χ4v) is 6.85. The summed E-state index contributed by atoms with van der Waals surface area (Å²) in [6.45, 7) is 8.73. The van der Waals surface area contributed by atoms with Crippen molar-refractivity contribution in [2.45, 2.75) is 89.5 Å². The number of rotatable bonds is 1. The highest BCUT2D eigenvalue weighted by Crippen LogP contribution is 2.72. The Labute approximate surface area is 218 Å². The van der Waals surface area contributed by atoms with Gasteiger partial charge in [0.2, 0.25) is 0 Å². The molecule has 0 amide bonds. The molecule has 5 rings (SSSR count). The number of aliphatic hydroxyl groups is 1. The average Bonchev–Trinajstić information content (AvgIpc) is 3.61. The SMILES string of the molecule is CC1=C[C@H]2O[C@@H]3C[C@H]4OC(=O)/C=C\C=C/[C@@H]([C@@H](C)O)OCC/C(C)=C\C(=O)OC[C@@]2(CC1)[C@]4(C)[C@]31CO1. The molecule has 1 N–H and O–H groups in total. The van der Waals surface area contributed by atoms with Crippen molar-refractivity contribution < 1.29 is 38.4 Å². The number of allylic oxidation sites excluding steroid dienone is 3. The third-order valence-electron chi connectivity index (χ3n) is 9.24. The number of hydrogen-bond acceptors (Lipinski definition) is 8. The van der Waals surface area contributed by atoms with Crippen LogP contribution in [0.25, 0.3) is 0 Å². The monoisotopic (exact) mass is 514 g/mol. The molecule has 2 bridgehead atoms. The number of ether oxygens (including phenoxy) is 5. The molecule has 2 aliphatic carbocycles. The van der Waals surface area contributed by atoms with E-state index in [-0.39, 0.29) is 18.8 Å². The Balaban J connectivity index is 1.51. The van der Waals surface area contributed by atoms with Crippen molar-refractivity contribution in [1.82, 2.24) is 0 Å². The molecule has 202 valence electrons. The van der Waals surface area contributed by atoms with Gasteiger partial charge in [-0.2, -0.15) is 0 Å². The van der Waals surface area contributed by atoms with E-state index in [0.717, 1.165) is 18.4 Å². The largest absolute Gasteiger partial charge is 0.462 e. The summed E-state index contributed by atoms with van der Waals surface area (Å²) in [4.78, 5) is 25.9. The van der Waals surface area contributed by atoms with Gasteiger partial charge in [-0.3, -0.25) is 0 Å². The summed E-state index contributed by atoms with van der Waals surface area (Å²) in [7, 11) is 0. The molecule has 2 saturated heterocycles. The Morgan fingerprint density at radius 1 is 1.05 bits per heavy atom. The molecule has 8 atom stereocenters. The summed E-state index contributed by atoms with van der Waals surface area (Å²) in [5, 5.41) is 10.0. The van der Waals surface area contributed by atoms with Crippen molar-refractivity contribution in [2.24, 2.45) is 10.8 Å². The highest BCUT2D eigenvalue weighted by molar-refractivity contribution is 5.83. The van der Waals surface area contributed by atoms with Crippen LogP contribution in [0.1, 0.15) is 53.4 Å². The minimum atomic E-state index is -0.735. The first-order chi connectivity index (χ1) is 17.6. The van der Waals surface area contributed by atoms with E-state index in [1.165, 1.54) is 17.7 Å². The van der Waals surface area contributed by atoms with Crippen LogP contribution in [-0.2, 0) is 33.3 Å². The maximum absolute atomic E-state index is 12.9. The lowest BCUT2D eigenvalue weighted by Crippen LogP contribution is -2.66. The minimum absolute atomic E-state index is 0.144. The summed E-state index contributed by atoms with van der Waals surface area (Å²) in [5.41, 5.74) is 0.318. The van der Waals surface area contributed by atoms with Gasteiger partial charge in [-0.1, -0.05) is 42.4 Å². The third-order valence-corrected chi connectivity index (χ3v) is 9.24. The van der Waals surface area contributed by atoms with Crippen molar-refractivity contribution in [3.05, 3.63) is 47.6 Å². The number of epoxide rings is 1. The van der Waals surface area contributed by atoms with Gasteiger partial charge in [-0.25, -0.2) is 9.59 Å². The predicted molar refractivity (Wildman–Crippen MR) is 134 cm³/mol. The van der Waals surface area contributed by atoms with Crippen molar-refractivity contribution in [2.75, 3.05) is 19.8 Å². The molecule has 2 spiro atoms. The number of carbonyl (C=O) groups excluding carboxylic acids is 2. The van der Waals surface area contributed by atoms with Gasteiger partial charge in [0, 0.05) is 24.0 Å². The smallest absolute Gasteiger partial charge is 0.331 e. The van der Waals surface area contributed by atoms with E-state index in [1.54, 1.807) is 25.2 Å². The second-order valence-electron chi connectivity index (χ2n) is 11.4. The van der Waals surface area contributed by atoms with Crippen LogP contribution in [0.5, 0.6) is 0 Å². The lowest BCUT2D eigenvalue weighted by atomic mass is 9.51. The van der Waals surface area contributed by atoms with E-state index >= 15 is 0 Å². The fourth-order valence-electron chi connectivity index (χ4n) is 6.85. The third kappa shape index (κ3) is 4.42. The van der Waals surface area contributed by atoms with E-state index in [9.17, 15) is 14.7 Å². The molecule has 0 radical (unpaired) electrons. The van der Waals surface area contributed by atoms with Crippen LogP contribution in [0, 0.1) is 10.8 Å². The number of carbonyl (C=O) groups is 2. The molecule has 3 heterocycles. The van der Waals surface area contributed by atoms with Crippen molar-refractivity contribution in [3.63, 3.8) is 0 Å². The number of cyclic esters (lactones) is 1. The first kappa shape index (κ1) is 26.4. The molecular weight excluding hydrogens is 476 g/mol. The zero-order valence-corrected chi connectivity index (χ0v) is 22.1. The van der Waals surface area contributed by atoms with E-state index in [4.69, 9.17) is 23.7 Å². The summed E-state index contributed by atoms with van der Waals surface area (Å²) < 4.78 is 30.6. The lowest BCUT2D eigenvalue weighted by molar-refractivity contribution is -0.232. The summed E-state index contributed by atoms with van der Waals surface area (Å²) in [6, 6.07) is 0. The Bertz CT molecular complexity index is 1050. The van der Waals surface area contributed by atoms with E-state index in [0.29, 0.717) is 26.1 Å². The van der Waals surface area contributed by atoms with E-state index in [2.05, 4.69) is 19.9 Å². The van der Waals surface area contributed by atoms with Gasteiger partial charge in [0.1, 0.15) is 24.4 Å². The topological polar surface area (TPSA) is 104 Å². The second-order valence-corrected chi connectivity index (χ2v) is 11.4.